The van der Waals surface area contributed by atoms with E-state index in [0.717, 1.165) is 75.3 Å². The van der Waals surface area contributed by atoms with Gasteiger partial charge in [-0.2, -0.15) is 0 Å². The standard InChI is InChI=1S/C38H40N6O9S2/c1-38(2,36(51)52)53-42-28(26-19-55-37(39)40-26)32(47)41-29-33(48)43-30(35(49)50)23(18-54-34(29)43)11-10-20-6-8-21(9-7-20)16-44(24-4-3-5-24)15-14-22-12-13-27(45)31(46)25(22)17-44/h6-13,19,24,29,34H,3-5,14-18H2,1-2H3,(H6-,39,40,41,42,45,46,47,49,50,51,52)/p+1/b11-10+/t29-,34-,44?/m1/s1. The number of carboxylic acids is 2. The zero-order valence-electron chi connectivity index (χ0n) is 30.1. The van der Waals surface area contributed by atoms with Gasteiger partial charge in [0.25, 0.3) is 11.8 Å². The van der Waals surface area contributed by atoms with E-state index in [1.54, 1.807) is 12.1 Å². The monoisotopic (exact) mass is 789 g/mol. The van der Waals surface area contributed by atoms with Gasteiger partial charge in [-0.15, -0.1) is 23.1 Å². The number of phenolic OH excluding ortho intramolecular Hbond substituents is 2. The van der Waals surface area contributed by atoms with Crippen LogP contribution in [0.2, 0.25) is 0 Å². The SMILES string of the molecule is CC(C)(O/N=C(\C(=O)N[C@@H]1C(=O)N2C(C(=O)O)=C(/C=C/c3ccc(C[N+]4(C5CCC5)CCc5ccc(O)c(O)c5C4)cc3)CS[C@H]12)c1csc(N)n1)C(=O)O. The molecule has 4 aliphatic rings. The number of nitrogens with zero attached hydrogens (tertiary/aromatic N) is 4. The highest BCUT2D eigenvalue weighted by Crippen LogP contribution is 2.44. The number of oxime groups is 1. The van der Waals surface area contributed by atoms with E-state index < -0.39 is 46.5 Å². The Balaban J connectivity index is 1.05. The Morgan fingerprint density at radius 3 is 2.51 bits per heavy atom. The second-order valence-electron chi connectivity index (χ2n) is 14.7. The number of quaternary nitrogens is 1. The number of carbonyl (C=O) groups excluding carboxylic acids is 2. The number of nitrogens with two attached hydrogens (primary N) is 1. The summed E-state index contributed by atoms with van der Waals surface area (Å²) in [6.45, 7) is 4.88. The number of carboxylic acid groups (broad SMARTS) is 2. The molecule has 55 heavy (non-hydrogen) atoms. The Labute approximate surface area is 324 Å². The third kappa shape index (κ3) is 7.26. The summed E-state index contributed by atoms with van der Waals surface area (Å²) in [6, 6.07) is 10.9. The van der Waals surface area contributed by atoms with Crippen LogP contribution >= 0.6 is 23.1 Å². The maximum Gasteiger partial charge on any atom is 0.352 e. The van der Waals surface area contributed by atoms with Crippen molar-refractivity contribution in [1.29, 1.82) is 0 Å². The van der Waals surface area contributed by atoms with E-state index in [9.17, 15) is 39.6 Å². The number of thioether (sulfide) groups is 1. The molecule has 3 aromatic rings. The molecular weight excluding hydrogens is 749 g/mol. The summed E-state index contributed by atoms with van der Waals surface area (Å²) in [6.07, 6.45) is 7.76. The topological polar surface area (TPSA) is 225 Å². The van der Waals surface area contributed by atoms with Crippen LogP contribution in [0.1, 0.15) is 61.1 Å². The van der Waals surface area contributed by atoms with Gasteiger partial charge in [0.15, 0.2) is 22.3 Å². The second kappa shape index (κ2) is 14.7. The molecule has 1 saturated carbocycles. The lowest BCUT2D eigenvalue weighted by atomic mass is 9.84. The summed E-state index contributed by atoms with van der Waals surface area (Å²) in [5.74, 6) is -3.97. The lowest BCUT2D eigenvalue weighted by Crippen LogP contribution is -2.71. The number of fused-ring (bicyclic) bond motifs is 2. The molecule has 1 unspecified atom stereocenters. The molecule has 2 aromatic carbocycles. The van der Waals surface area contributed by atoms with Gasteiger partial charge in [-0.25, -0.2) is 14.6 Å². The van der Waals surface area contributed by atoms with Crippen molar-refractivity contribution >= 4 is 63.8 Å². The van der Waals surface area contributed by atoms with Crippen molar-refractivity contribution in [3.63, 3.8) is 0 Å². The molecule has 4 heterocycles. The third-order valence-electron chi connectivity index (χ3n) is 10.8. The lowest BCUT2D eigenvalue weighted by Gasteiger charge is -2.51. The average Bonchev–Trinajstić information content (AvgIpc) is 3.56. The number of β-lactam (4-membered cyclic amide) rings is 1. The Hall–Kier alpha value is -5.39. The minimum absolute atomic E-state index is 0.0193. The number of benzene rings is 2. The van der Waals surface area contributed by atoms with Crippen LogP contribution in [0.25, 0.3) is 6.08 Å². The zero-order valence-corrected chi connectivity index (χ0v) is 31.7. The van der Waals surface area contributed by atoms with Crippen molar-refractivity contribution < 1.29 is 48.9 Å². The number of hydrogen-bond acceptors (Lipinski definition) is 12. The first-order chi connectivity index (χ1) is 26.2. The van der Waals surface area contributed by atoms with Crippen molar-refractivity contribution in [2.45, 2.75) is 75.7 Å². The van der Waals surface area contributed by atoms with Gasteiger partial charge in [0.1, 0.15) is 35.9 Å². The highest BCUT2D eigenvalue weighted by atomic mass is 32.2. The van der Waals surface area contributed by atoms with E-state index in [-0.39, 0.29) is 33.8 Å². The third-order valence-corrected chi connectivity index (χ3v) is 12.8. The number of rotatable bonds is 12. The van der Waals surface area contributed by atoms with Gasteiger partial charge in [-0.1, -0.05) is 47.6 Å². The molecule has 7 rings (SSSR count). The molecule has 7 N–H and O–H groups in total. The van der Waals surface area contributed by atoms with E-state index in [2.05, 4.69) is 27.6 Å². The molecule has 0 bridgehead atoms. The molecule has 288 valence electrons. The lowest BCUT2D eigenvalue weighted by molar-refractivity contribution is -0.982. The molecule has 2 amide bonds. The van der Waals surface area contributed by atoms with E-state index in [1.165, 1.54) is 37.4 Å². The van der Waals surface area contributed by atoms with Crippen LogP contribution in [0.3, 0.4) is 0 Å². The smallest absolute Gasteiger partial charge is 0.352 e. The molecule has 1 aromatic heterocycles. The normalized spacial score (nSPS) is 22.8. The predicted octanol–water partition coefficient (Wildman–Crippen LogP) is 3.80. The summed E-state index contributed by atoms with van der Waals surface area (Å²) in [4.78, 5) is 61.2. The van der Waals surface area contributed by atoms with Crippen LogP contribution in [0, 0.1) is 0 Å². The fraction of sp³-hybridized carbons (Fsp3) is 0.368. The van der Waals surface area contributed by atoms with Gasteiger partial charge in [0.2, 0.25) is 5.60 Å². The molecule has 2 fully saturated rings. The molecular formula is C38H41N6O9S2+. The number of nitrogens with one attached hydrogen (secondary N) is 1. The van der Waals surface area contributed by atoms with E-state index in [0.29, 0.717) is 18.2 Å². The van der Waals surface area contributed by atoms with Crippen molar-refractivity contribution in [2.24, 2.45) is 5.16 Å². The Bertz CT molecular complexity index is 2160. The number of nitrogen functional groups attached to an aromatic ring is 1. The summed E-state index contributed by atoms with van der Waals surface area (Å²) in [7, 11) is 0. The molecule has 3 atom stereocenters. The molecule has 15 nitrogen and oxygen atoms in total. The zero-order chi connectivity index (χ0) is 39.2. The number of allylic oxidation sites excluding steroid dienone is 1. The summed E-state index contributed by atoms with van der Waals surface area (Å²) >= 11 is 2.32. The highest BCUT2D eigenvalue weighted by molar-refractivity contribution is 8.00. The molecule has 1 aliphatic carbocycles. The second-order valence-corrected chi connectivity index (χ2v) is 16.7. The number of thiazole rings is 1. The molecule has 17 heteroatoms. The van der Waals surface area contributed by atoms with Gasteiger partial charge in [0.05, 0.1) is 18.2 Å². The van der Waals surface area contributed by atoms with E-state index >= 15 is 0 Å². The first-order valence-corrected chi connectivity index (χ1v) is 19.7. The summed E-state index contributed by atoms with van der Waals surface area (Å²) in [5, 5.41) is 47.7. The summed E-state index contributed by atoms with van der Waals surface area (Å²) < 4.78 is 0.821. The fourth-order valence-corrected chi connectivity index (χ4v) is 9.26. The van der Waals surface area contributed by atoms with Crippen LogP contribution in [0.5, 0.6) is 11.5 Å². The van der Waals surface area contributed by atoms with Crippen LogP contribution in [-0.2, 0) is 43.5 Å². The van der Waals surface area contributed by atoms with Gasteiger partial charge >= 0.3 is 11.9 Å². The number of phenols is 2. The largest absolute Gasteiger partial charge is 0.504 e. The minimum Gasteiger partial charge on any atom is -0.504 e. The number of amides is 2. The van der Waals surface area contributed by atoms with Gasteiger partial charge in [-0.3, -0.25) is 14.5 Å². The minimum atomic E-state index is -1.78. The molecule has 0 radical (unpaired) electrons. The summed E-state index contributed by atoms with van der Waals surface area (Å²) in [5.41, 5.74) is 7.74. The van der Waals surface area contributed by atoms with Crippen LogP contribution in [-0.4, -0.2) is 99.6 Å². The molecule has 0 spiro atoms. The highest BCUT2D eigenvalue weighted by Gasteiger charge is 2.54. The first kappa shape index (κ1) is 37.9. The van der Waals surface area contributed by atoms with Gasteiger partial charge < -0.3 is 40.8 Å². The maximum atomic E-state index is 13.4. The van der Waals surface area contributed by atoms with Gasteiger partial charge in [0, 0.05) is 23.1 Å². The van der Waals surface area contributed by atoms with Crippen LogP contribution < -0.4 is 11.1 Å². The van der Waals surface area contributed by atoms with Crippen molar-refractivity contribution in [2.75, 3.05) is 18.0 Å². The Kier molecular flexibility index (Phi) is 10.1. The van der Waals surface area contributed by atoms with E-state index in [1.807, 2.05) is 24.3 Å². The van der Waals surface area contributed by atoms with Crippen LogP contribution in [0.15, 0.2) is 64.3 Å². The average molecular weight is 790 g/mol. The Morgan fingerprint density at radius 2 is 1.87 bits per heavy atom. The number of aliphatic carboxylic acids is 2. The molecule has 1 saturated heterocycles. The number of hydrogen-bond donors (Lipinski definition) is 6. The fourth-order valence-electron chi connectivity index (χ4n) is 7.40. The quantitative estimate of drug-likeness (QED) is 0.0507. The molecule has 3 aliphatic heterocycles. The van der Waals surface area contributed by atoms with Crippen molar-refractivity contribution in [3.05, 3.63) is 87.1 Å². The number of aromatic nitrogens is 1. The van der Waals surface area contributed by atoms with Crippen molar-refractivity contribution in [1.82, 2.24) is 15.2 Å². The number of anilines is 1. The maximum absolute atomic E-state index is 13.4. The van der Waals surface area contributed by atoms with E-state index in [4.69, 9.17) is 10.6 Å². The number of carbonyl (C=O) groups is 4. The van der Waals surface area contributed by atoms with Gasteiger partial charge in [-0.05, 0) is 55.9 Å². The van der Waals surface area contributed by atoms with Crippen molar-refractivity contribution in [3.8, 4) is 11.5 Å². The number of aromatic hydroxyl groups is 2. The van der Waals surface area contributed by atoms with Crippen LogP contribution in [0.4, 0.5) is 5.13 Å². The predicted molar refractivity (Wildman–Crippen MR) is 205 cm³/mol. The first-order valence-electron chi connectivity index (χ1n) is 17.8. The Morgan fingerprint density at radius 1 is 1.13 bits per heavy atom.